The lowest BCUT2D eigenvalue weighted by Crippen LogP contribution is -2.08. The minimum absolute atomic E-state index is 0.253. The van der Waals surface area contributed by atoms with E-state index in [-0.39, 0.29) is 6.54 Å². The predicted octanol–water partition coefficient (Wildman–Crippen LogP) is 1.64. The monoisotopic (exact) mass is 255 g/mol. The van der Waals surface area contributed by atoms with Crippen molar-refractivity contribution in [2.75, 3.05) is 12.0 Å². The van der Waals surface area contributed by atoms with Crippen molar-refractivity contribution in [2.24, 2.45) is 5.73 Å². The number of fused-ring (bicyclic) bond motifs is 1. The molecule has 2 rings (SSSR count). The van der Waals surface area contributed by atoms with Gasteiger partial charge in [0.15, 0.2) is 0 Å². The third-order valence-corrected chi connectivity index (χ3v) is 5.33. The summed E-state index contributed by atoms with van der Waals surface area (Å²) < 4.78 is 24.4. The summed E-state index contributed by atoms with van der Waals surface area (Å²) in [4.78, 5) is 0.887. The van der Waals surface area contributed by atoms with E-state index in [1.807, 2.05) is 18.4 Å². The van der Waals surface area contributed by atoms with Crippen molar-refractivity contribution in [1.82, 2.24) is 0 Å². The first-order valence-corrected chi connectivity index (χ1v) is 7.75. The molecule has 5 heteroatoms. The Balaban J connectivity index is 2.62. The van der Waals surface area contributed by atoms with Crippen molar-refractivity contribution in [3.63, 3.8) is 0 Å². The number of rotatable bonds is 3. The molecule has 1 aliphatic heterocycles. The van der Waals surface area contributed by atoms with Gasteiger partial charge in [0.2, 0.25) is 9.84 Å². The highest BCUT2D eigenvalue weighted by atomic mass is 32.2. The first-order valence-electron chi connectivity index (χ1n) is 4.88. The van der Waals surface area contributed by atoms with E-state index in [9.17, 15) is 8.42 Å². The van der Waals surface area contributed by atoms with Crippen LogP contribution in [-0.2, 0) is 16.4 Å². The van der Waals surface area contributed by atoms with E-state index in [0.717, 1.165) is 5.56 Å². The number of sulfone groups is 1. The molecular formula is C11H13NO2S2. The first-order chi connectivity index (χ1) is 7.61. The Hall–Kier alpha value is -0.780. The van der Waals surface area contributed by atoms with Crippen molar-refractivity contribution in [1.29, 1.82) is 0 Å². The lowest BCUT2D eigenvalue weighted by atomic mass is 10.1. The lowest BCUT2D eigenvalue weighted by molar-refractivity contribution is 0.602. The summed E-state index contributed by atoms with van der Waals surface area (Å²) in [6.45, 7) is 0.253. The predicted molar refractivity (Wildman–Crippen MR) is 67.9 cm³/mol. The molecule has 1 aliphatic rings. The number of benzene rings is 1. The van der Waals surface area contributed by atoms with Gasteiger partial charge in [-0.2, -0.15) is 11.8 Å². The van der Waals surface area contributed by atoms with E-state index in [0.29, 0.717) is 21.1 Å². The Morgan fingerprint density at radius 3 is 2.75 bits per heavy atom. The zero-order valence-corrected chi connectivity index (χ0v) is 10.6. The van der Waals surface area contributed by atoms with Crippen LogP contribution in [0.25, 0.3) is 6.08 Å². The Labute approximate surface area is 99.6 Å². The maximum Gasteiger partial charge on any atom is 0.204 e. The fourth-order valence-electron chi connectivity index (χ4n) is 1.85. The second-order valence-corrected chi connectivity index (χ2v) is 6.39. The van der Waals surface area contributed by atoms with Crippen LogP contribution in [0, 0.1) is 0 Å². The molecule has 1 heterocycles. The Morgan fingerprint density at radius 1 is 1.38 bits per heavy atom. The Kier molecular flexibility index (Phi) is 3.10. The minimum Gasteiger partial charge on any atom is -0.326 e. The van der Waals surface area contributed by atoms with Crippen molar-refractivity contribution in [2.45, 2.75) is 11.4 Å². The van der Waals surface area contributed by atoms with E-state index >= 15 is 0 Å². The molecule has 0 atom stereocenters. The Morgan fingerprint density at radius 2 is 2.12 bits per heavy atom. The first kappa shape index (κ1) is 11.7. The van der Waals surface area contributed by atoms with Gasteiger partial charge < -0.3 is 5.73 Å². The maximum absolute atomic E-state index is 12.2. The van der Waals surface area contributed by atoms with Gasteiger partial charge in [-0.1, -0.05) is 18.2 Å². The number of hydrogen-bond acceptors (Lipinski definition) is 4. The highest BCUT2D eigenvalue weighted by molar-refractivity contribution is 8.01. The molecule has 3 nitrogen and oxygen atoms in total. The largest absolute Gasteiger partial charge is 0.326 e. The average molecular weight is 255 g/mol. The molecule has 0 aromatic heterocycles. The molecule has 0 radical (unpaired) electrons. The van der Waals surface area contributed by atoms with Gasteiger partial charge in [0, 0.05) is 12.3 Å². The molecule has 0 saturated heterocycles. The van der Waals surface area contributed by atoms with Crippen LogP contribution in [-0.4, -0.2) is 20.4 Å². The second-order valence-electron chi connectivity index (χ2n) is 3.59. The summed E-state index contributed by atoms with van der Waals surface area (Å²) in [5.74, 6) is 0.515. The van der Waals surface area contributed by atoms with E-state index in [1.165, 1.54) is 11.8 Å². The molecule has 0 amide bonds. The van der Waals surface area contributed by atoms with Gasteiger partial charge in [-0.3, -0.25) is 0 Å². The maximum atomic E-state index is 12.2. The molecule has 0 saturated carbocycles. The van der Waals surface area contributed by atoms with Crippen molar-refractivity contribution in [3.8, 4) is 0 Å². The van der Waals surface area contributed by atoms with Crippen LogP contribution in [0.5, 0.6) is 0 Å². The minimum atomic E-state index is -3.29. The standard InChI is InChI=1S/C11H13NO2S2/c1-15-7-10-5-8-3-2-4-9(6-12)11(8)16(10,13)14/h2-5H,6-7,12H2,1H3. The second kappa shape index (κ2) is 4.24. The van der Waals surface area contributed by atoms with Crippen molar-refractivity contribution >= 4 is 27.7 Å². The van der Waals surface area contributed by atoms with Crippen LogP contribution in [0.1, 0.15) is 11.1 Å². The fraction of sp³-hybridized carbons (Fsp3) is 0.273. The quantitative estimate of drug-likeness (QED) is 0.892. The zero-order valence-electron chi connectivity index (χ0n) is 8.93. The fourth-order valence-corrected chi connectivity index (χ4v) is 4.67. The molecule has 0 fully saturated rings. The number of thioether (sulfide) groups is 1. The third-order valence-electron chi connectivity index (χ3n) is 2.56. The molecular weight excluding hydrogens is 242 g/mol. The van der Waals surface area contributed by atoms with Crippen LogP contribution >= 0.6 is 11.8 Å². The van der Waals surface area contributed by atoms with E-state index < -0.39 is 9.84 Å². The van der Waals surface area contributed by atoms with Crippen LogP contribution in [0.15, 0.2) is 28.0 Å². The van der Waals surface area contributed by atoms with Crippen LogP contribution in [0.4, 0.5) is 0 Å². The SMILES string of the molecule is CSCC1=Cc2cccc(CN)c2S1(=O)=O. The summed E-state index contributed by atoms with van der Waals surface area (Å²) in [6, 6.07) is 5.43. The highest BCUT2D eigenvalue weighted by Gasteiger charge is 2.30. The molecule has 86 valence electrons. The van der Waals surface area contributed by atoms with Gasteiger partial charge >= 0.3 is 0 Å². The summed E-state index contributed by atoms with van der Waals surface area (Å²) in [6.07, 6.45) is 3.64. The molecule has 1 aromatic carbocycles. The van der Waals surface area contributed by atoms with Gasteiger partial charge in [0.1, 0.15) is 0 Å². The Bertz CT molecular complexity index is 547. The molecule has 0 bridgehead atoms. The van der Waals surface area contributed by atoms with E-state index in [1.54, 1.807) is 12.1 Å². The normalized spacial score (nSPS) is 17.0. The van der Waals surface area contributed by atoms with Gasteiger partial charge in [-0.15, -0.1) is 0 Å². The van der Waals surface area contributed by atoms with Gasteiger partial charge in [-0.05, 0) is 23.5 Å². The van der Waals surface area contributed by atoms with Gasteiger partial charge in [0.05, 0.1) is 9.80 Å². The van der Waals surface area contributed by atoms with Crippen molar-refractivity contribution in [3.05, 3.63) is 34.2 Å². The smallest absolute Gasteiger partial charge is 0.204 e. The summed E-state index contributed by atoms with van der Waals surface area (Å²) in [7, 11) is -3.29. The molecule has 2 N–H and O–H groups in total. The average Bonchev–Trinajstić information content (AvgIpc) is 2.52. The summed E-state index contributed by atoms with van der Waals surface area (Å²) in [5, 5.41) is 0. The molecule has 16 heavy (non-hydrogen) atoms. The third kappa shape index (κ3) is 1.69. The van der Waals surface area contributed by atoms with Crippen LogP contribution in [0.2, 0.25) is 0 Å². The topological polar surface area (TPSA) is 60.2 Å². The summed E-state index contributed by atoms with van der Waals surface area (Å²) in [5.41, 5.74) is 7.04. The highest BCUT2D eigenvalue weighted by Crippen LogP contribution is 2.36. The molecule has 0 unspecified atom stereocenters. The van der Waals surface area contributed by atoms with E-state index in [4.69, 9.17) is 5.73 Å². The van der Waals surface area contributed by atoms with E-state index in [2.05, 4.69) is 0 Å². The molecule has 1 aromatic rings. The number of nitrogens with two attached hydrogens (primary N) is 1. The lowest BCUT2D eigenvalue weighted by Gasteiger charge is -2.06. The molecule has 0 aliphatic carbocycles. The summed E-state index contributed by atoms with van der Waals surface area (Å²) >= 11 is 1.51. The zero-order chi connectivity index (χ0) is 11.8. The van der Waals surface area contributed by atoms with Crippen LogP contribution < -0.4 is 5.73 Å². The number of hydrogen-bond donors (Lipinski definition) is 1. The molecule has 0 spiro atoms. The van der Waals surface area contributed by atoms with Crippen molar-refractivity contribution < 1.29 is 8.42 Å². The van der Waals surface area contributed by atoms with Gasteiger partial charge in [-0.25, -0.2) is 8.42 Å². The van der Waals surface area contributed by atoms with Crippen LogP contribution in [0.3, 0.4) is 0 Å². The van der Waals surface area contributed by atoms with Gasteiger partial charge in [0.25, 0.3) is 0 Å².